The molecule has 0 aromatic heterocycles. The molecule has 20 heavy (non-hydrogen) atoms. The van der Waals surface area contributed by atoms with Crippen LogP contribution in [0.5, 0.6) is 0 Å². The van der Waals surface area contributed by atoms with Crippen LogP contribution >= 0.6 is 0 Å². The van der Waals surface area contributed by atoms with Gasteiger partial charge in [-0.3, -0.25) is 5.32 Å². The minimum atomic E-state index is -0.279. The first-order valence-electron chi connectivity index (χ1n) is 8.54. The first-order chi connectivity index (χ1) is 9.64. The van der Waals surface area contributed by atoms with Crippen LogP contribution in [0.2, 0.25) is 0 Å². The van der Waals surface area contributed by atoms with Gasteiger partial charge in [-0.15, -0.1) is 0 Å². The van der Waals surface area contributed by atoms with Crippen molar-refractivity contribution >= 4 is 0 Å². The van der Waals surface area contributed by atoms with E-state index in [1.807, 2.05) is 0 Å². The van der Waals surface area contributed by atoms with E-state index in [0.717, 1.165) is 31.8 Å². The molecule has 0 heterocycles. The van der Waals surface area contributed by atoms with Crippen molar-refractivity contribution in [3.8, 4) is 6.07 Å². The summed E-state index contributed by atoms with van der Waals surface area (Å²) in [6.45, 7) is 12.1. The van der Waals surface area contributed by atoms with Crippen LogP contribution in [0, 0.1) is 17.2 Å². The van der Waals surface area contributed by atoms with E-state index in [-0.39, 0.29) is 5.54 Å². The Labute approximate surface area is 125 Å². The van der Waals surface area contributed by atoms with Crippen molar-refractivity contribution in [2.75, 3.05) is 19.6 Å². The van der Waals surface area contributed by atoms with Crippen molar-refractivity contribution < 1.29 is 0 Å². The predicted octanol–water partition coefficient (Wildman–Crippen LogP) is 3.56. The zero-order valence-electron chi connectivity index (χ0n) is 13.9. The molecule has 1 fully saturated rings. The fraction of sp³-hybridized carbons (Fsp3) is 0.941. The zero-order chi connectivity index (χ0) is 15.0. The maximum Gasteiger partial charge on any atom is 0.108 e. The number of rotatable bonds is 8. The maximum atomic E-state index is 9.59. The van der Waals surface area contributed by atoms with Gasteiger partial charge in [0.05, 0.1) is 6.07 Å². The van der Waals surface area contributed by atoms with Gasteiger partial charge in [-0.25, -0.2) is 0 Å². The zero-order valence-corrected chi connectivity index (χ0v) is 13.9. The molecule has 2 unspecified atom stereocenters. The van der Waals surface area contributed by atoms with Gasteiger partial charge >= 0.3 is 0 Å². The fourth-order valence-electron chi connectivity index (χ4n) is 3.61. The van der Waals surface area contributed by atoms with E-state index in [1.165, 1.54) is 32.2 Å². The van der Waals surface area contributed by atoms with Crippen LogP contribution < -0.4 is 5.32 Å². The Kier molecular flexibility index (Phi) is 7.55. The molecule has 3 nitrogen and oxygen atoms in total. The second-order valence-corrected chi connectivity index (χ2v) is 6.24. The SMILES string of the molecule is CCNC1(C#N)CCCC(N(CC)CC(CC)CC)C1. The summed E-state index contributed by atoms with van der Waals surface area (Å²) in [7, 11) is 0. The summed E-state index contributed by atoms with van der Waals surface area (Å²) in [5.74, 6) is 0.799. The van der Waals surface area contributed by atoms with Crippen molar-refractivity contribution in [1.82, 2.24) is 10.2 Å². The summed E-state index contributed by atoms with van der Waals surface area (Å²) in [6, 6.07) is 3.15. The fourth-order valence-corrected chi connectivity index (χ4v) is 3.61. The van der Waals surface area contributed by atoms with Crippen LogP contribution in [0.15, 0.2) is 0 Å². The van der Waals surface area contributed by atoms with Gasteiger partial charge < -0.3 is 4.90 Å². The largest absolute Gasteiger partial charge is 0.300 e. The summed E-state index contributed by atoms with van der Waals surface area (Å²) in [6.07, 6.45) is 6.95. The third-order valence-corrected chi connectivity index (χ3v) is 5.02. The summed E-state index contributed by atoms with van der Waals surface area (Å²) >= 11 is 0. The Morgan fingerprint density at radius 1 is 1.30 bits per heavy atom. The molecule has 1 saturated carbocycles. The van der Waals surface area contributed by atoms with Crippen molar-refractivity contribution in [1.29, 1.82) is 5.26 Å². The Bertz CT molecular complexity index is 302. The number of nitriles is 1. The van der Waals surface area contributed by atoms with Gasteiger partial charge in [0.2, 0.25) is 0 Å². The van der Waals surface area contributed by atoms with E-state index in [2.05, 4.69) is 44.0 Å². The molecule has 1 aliphatic carbocycles. The van der Waals surface area contributed by atoms with Crippen LogP contribution in [-0.2, 0) is 0 Å². The van der Waals surface area contributed by atoms with Crippen LogP contribution in [0.3, 0.4) is 0 Å². The van der Waals surface area contributed by atoms with E-state index in [4.69, 9.17) is 0 Å². The van der Waals surface area contributed by atoms with E-state index in [9.17, 15) is 5.26 Å². The number of hydrogen-bond acceptors (Lipinski definition) is 3. The minimum absolute atomic E-state index is 0.279. The van der Waals surface area contributed by atoms with Crippen molar-refractivity contribution in [3.05, 3.63) is 0 Å². The molecule has 0 aromatic rings. The lowest BCUT2D eigenvalue weighted by Gasteiger charge is -2.42. The molecule has 0 aromatic carbocycles. The second-order valence-electron chi connectivity index (χ2n) is 6.24. The van der Waals surface area contributed by atoms with Gasteiger partial charge in [-0.1, -0.05) is 40.5 Å². The first kappa shape index (κ1) is 17.5. The molecule has 1 N–H and O–H groups in total. The normalized spacial score (nSPS) is 26.9. The lowest BCUT2D eigenvalue weighted by Crippen LogP contribution is -2.53. The Morgan fingerprint density at radius 3 is 2.50 bits per heavy atom. The Balaban J connectivity index is 2.70. The van der Waals surface area contributed by atoms with Gasteiger partial charge in [-0.2, -0.15) is 5.26 Å². The average Bonchev–Trinajstić information content (AvgIpc) is 2.49. The lowest BCUT2D eigenvalue weighted by atomic mass is 9.79. The third kappa shape index (κ3) is 4.46. The molecular weight excluding hydrogens is 246 g/mol. The highest BCUT2D eigenvalue weighted by atomic mass is 15.2. The lowest BCUT2D eigenvalue weighted by molar-refractivity contribution is 0.107. The number of hydrogen-bond donors (Lipinski definition) is 1. The third-order valence-electron chi connectivity index (χ3n) is 5.02. The minimum Gasteiger partial charge on any atom is -0.300 e. The van der Waals surface area contributed by atoms with E-state index in [0.29, 0.717) is 6.04 Å². The number of nitrogens with zero attached hydrogens (tertiary/aromatic N) is 2. The molecule has 2 atom stereocenters. The molecule has 0 saturated heterocycles. The van der Waals surface area contributed by atoms with Crippen molar-refractivity contribution in [2.24, 2.45) is 5.92 Å². The van der Waals surface area contributed by atoms with Crippen molar-refractivity contribution in [3.63, 3.8) is 0 Å². The van der Waals surface area contributed by atoms with Crippen molar-refractivity contribution in [2.45, 2.75) is 77.8 Å². The Morgan fingerprint density at radius 2 is 2.00 bits per heavy atom. The number of nitrogens with one attached hydrogen (secondary N) is 1. The highest BCUT2D eigenvalue weighted by Crippen LogP contribution is 2.31. The molecular formula is C17H33N3. The molecule has 1 aliphatic rings. The topological polar surface area (TPSA) is 39.1 Å². The molecule has 0 spiro atoms. The average molecular weight is 279 g/mol. The smallest absolute Gasteiger partial charge is 0.108 e. The first-order valence-corrected chi connectivity index (χ1v) is 8.54. The molecule has 116 valence electrons. The van der Waals surface area contributed by atoms with Crippen LogP contribution in [0.1, 0.15) is 66.2 Å². The predicted molar refractivity (Wildman–Crippen MR) is 85.6 cm³/mol. The molecule has 0 bridgehead atoms. The van der Waals surface area contributed by atoms with E-state index < -0.39 is 0 Å². The van der Waals surface area contributed by atoms with Gasteiger partial charge in [-0.05, 0) is 44.7 Å². The van der Waals surface area contributed by atoms with Crippen LogP contribution in [0.4, 0.5) is 0 Å². The molecule has 0 aliphatic heterocycles. The highest BCUT2D eigenvalue weighted by molar-refractivity contribution is 5.11. The standard InChI is InChI=1S/C17H33N3/c1-5-15(6-2)13-20(8-4)16-10-9-11-17(12-16,14-18)19-7-3/h15-16,19H,5-13H2,1-4H3. The molecule has 1 rings (SSSR count). The monoisotopic (exact) mass is 279 g/mol. The van der Waals surface area contributed by atoms with E-state index in [1.54, 1.807) is 0 Å². The van der Waals surface area contributed by atoms with Gasteiger partial charge in [0.15, 0.2) is 0 Å². The van der Waals surface area contributed by atoms with E-state index >= 15 is 0 Å². The second kappa shape index (κ2) is 8.64. The molecule has 0 amide bonds. The van der Waals surface area contributed by atoms with Gasteiger partial charge in [0.1, 0.15) is 5.54 Å². The Hall–Kier alpha value is -0.590. The summed E-state index contributed by atoms with van der Waals surface area (Å²) in [5, 5.41) is 13.0. The van der Waals surface area contributed by atoms with Crippen LogP contribution in [0.25, 0.3) is 0 Å². The van der Waals surface area contributed by atoms with Gasteiger partial charge in [0, 0.05) is 12.6 Å². The summed E-state index contributed by atoms with van der Waals surface area (Å²) in [4.78, 5) is 2.63. The molecule has 0 radical (unpaired) electrons. The van der Waals surface area contributed by atoms with Crippen LogP contribution in [-0.4, -0.2) is 36.1 Å². The highest BCUT2D eigenvalue weighted by Gasteiger charge is 2.37. The summed E-state index contributed by atoms with van der Waals surface area (Å²) in [5.41, 5.74) is -0.279. The molecule has 3 heteroatoms. The quantitative estimate of drug-likeness (QED) is 0.738. The van der Waals surface area contributed by atoms with Gasteiger partial charge in [0.25, 0.3) is 0 Å². The maximum absolute atomic E-state index is 9.59. The summed E-state index contributed by atoms with van der Waals surface area (Å²) < 4.78 is 0.